The van der Waals surface area contributed by atoms with E-state index >= 15 is 0 Å². The van der Waals surface area contributed by atoms with Gasteiger partial charge in [0, 0.05) is 11.1 Å². The lowest BCUT2D eigenvalue weighted by molar-refractivity contribution is 1.32. The van der Waals surface area contributed by atoms with Gasteiger partial charge in [0.25, 0.3) is 0 Å². The number of aromatic nitrogens is 1. The van der Waals surface area contributed by atoms with Crippen molar-refractivity contribution in [3.05, 3.63) is 175 Å². The molecule has 48 heavy (non-hydrogen) atoms. The second kappa shape index (κ2) is 11.4. The normalized spacial score (nSPS) is 11.3. The summed E-state index contributed by atoms with van der Waals surface area (Å²) in [5, 5.41) is 12.0. The Kier molecular flexibility index (Phi) is 6.56. The van der Waals surface area contributed by atoms with Crippen LogP contribution in [0, 0.1) is 11.3 Å². The Morgan fingerprint density at radius 3 is 1.25 bits per heavy atom. The summed E-state index contributed by atoms with van der Waals surface area (Å²) >= 11 is 0. The molecule has 1 aliphatic rings. The molecule has 0 aliphatic heterocycles. The van der Waals surface area contributed by atoms with Crippen LogP contribution in [-0.2, 0) is 0 Å². The van der Waals surface area contributed by atoms with Gasteiger partial charge in [0.15, 0.2) is 0 Å². The van der Waals surface area contributed by atoms with Crippen molar-refractivity contribution in [3.63, 3.8) is 0 Å². The Morgan fingerprint density at radius 2 is 0.750 bits per heavy atom. The van der Waals surface area contributed by atoms with Gasteiger partial charge in [-0.05, 0) is 90.7 Å². The van der Waals surface area contributed by atoms with Gasteiger partial charge in [0.05, 0.1) is 23.0 Å². The van der Waals surface area contributed by atoms with Crippen LogP contribution in [0.3, 0.4) is 0 Å². The van der Waals surface area contributed by atoms with Crippen LogP contribution in [0.15, 0.2) is 170 Å². The molecule has 8 aromatic rings. The Bertz CT molecular complexity index is 2440. The third kappa shape index (κ3) is 4.61. The number of hydrogen-bond acceptors (Lipinski definition) is 2. The molecule has 0 saturated carbocycles. The fourth-order valence-electron chi connectivity index (χ4n) is 7.16. The minimum atomic E-state index is 0.662. The molecule has 1 heterocycles. The molecule has 0 N–H and O–H groups in total. The summed E-state index contributed by atoms with van der Waals surface area (Å²) in [6.07, 6.45) is 0. The number of rotatable bonds is 5. The van der Waals surface area contributed by atoms with Crippen molar-refractivity contribution in [1.29, 1.82) is 5.26 Å². The highest BCUT2D eigenvalue weighted by Crippen LogP contribution is 2.52. The van der Waals surface area contributed by atoms with Crippen LogP contribution in [-0.4, -0.2) is 4.98 Å². The summed E-state index contributed by atoms with van der Waals surface area (Å²) in [4.78, 5) is 5.07. The van der Waals surface area contributed by atoms with E-state index in [2.05, 4.69) is 152 Å². The van der Waals surface area contributed by atoms with Gasteiger partial charge in [-0.3, -0.25) is 0 Å². The SMILES string of the molecule is N#Cc1ccc(-c2ccc3c4c(ccc(-c5ccc(-c6cc(-c7ccccc7)nc(-c7ccccc7)c6)cc5)c24)-c2ccccc2-3)cc1. The molecule has 9 rings (SSSR count). The minimum absolute atomic E-state index is 0.662. The van der Waals surface area contributed by atoms with E-state index in [1.165, 1.54) is 44.2 Å². The number of pyridine rings is 1. The molecule has 0 spiro atoms. The van der Waals surface area contributed by atoms with E-state index in [0.29, 0.717) is 5.56 Å². The van der Waals surface area contributed by atoms with Crippen molar-refractivity contribution < 1.29 is 0 Å². The second-order valence-electron chi connectivity index (χ2n) is 12.2. The number of fused-ring (bicyclic) bond motifs is 3. The van der Waals surface area contributed by atoms with Crippen molar-refractivity contribution in [1.82, 2.24) is 4.98 Å². The van der Waals surface area contributed by atoms with Crippen molar-refractivity contribution >= 4 is 10.8 Å². The molecule has 1 aliphatic carbocycles. The molecular formula is C46H28N2. The molecular weight excluding hydrogens is 581 g/mol. The highest BCUT2D eigenvalue weighted by molar-refractivity contribution is 6.22. The highest BCUT2D eigenvalue weighted by atomic mass is 14.7. The first-order valence-electron chi connectivity index (χ1n) is 16.2. The molecule has 0 saturated heterocycles. The summed E-state index contributed by atoms with van der Waals surface area (Å²) < 4.78 is 0. The van der Waals surface area contributed by atoms with Crippen LogP contribution in [0.1, 0.15) is 5.56 Å². The van der Waals surface area contributed by atoms with Gasteiger partial charge < -0.3 is 0 Å². The van der Waals surface area contributed by atoms with E-state index < -0.39 is 0 Å². The van der Waals surface area contributed by atoms with E-state index in [9.17, 15) is 5.26 Å². The summed E-state index contributed by atoms with van der Waals surface area (Å²) in [6, 6.07) is 62.1. The average molecular weight is 609 g/mol. The molecule has 0 bridgehead atoms. The lowest BCUT2D eigenvalue weighted by Gasteiger charge is -2.16. The van der Waals surface area contributed by atoms with Crippen molar-refractivity contribution in [3.8, 4) is 84.2 Å². The summed E-state index contributed by atoms with van der Waals surface area (Å²) in [5.41, 5.74) is 16.7. The quantitative estimate of drug-likeness (QED) is 0.195. The Morgan fingerprint density at radius 1 is 0.333 bits per heavy atom. The molecule has 2 nitrogen and oxygen atoms in total. The van der Waals surface area contributed by atoms with Gasteiger partial charge in [-0.2, -0.15) is 5.26 Å². The molecule has 7 aromatic carbocycles. The van der Waals surface area contributed by atoms with Crippen LogP contribution in [0.4, 0.5) is 0 Å². The Labute approximate surface area is 279 Å². The van der Waals surface area contributed by atoms with Crippen molar-refractivity contribution in [2.45, 2.75) is 0 Å². The Balaban J connectivity index is 1.20. The highest BCUT2D eigenvalue weighted by Gasteiger charge is 2.24. The number of benzene rings is 7. The largest absolute Gasteiger partial charge is 0.248 e. The van der Waals surface area contributed by atoms with E-state index in [1.807, 2.05) is 24.3 Å². The average Bonchev–Trinajstić information content (AvgIpc) is 3.50. The molecule has 0 atom stereocenters. The molecule has 2 heteroatoms. The minimum Gasteiger partial charge on any atom is -0.248 e. The lowest BCUT2D eigenvalue weighted by atomic mass is 9.88. The Hall–Kier alpha value is -6.56. The zero-order valence-electron chi connectivity index (χ0n) is 26.1. The smallest absolute Gasteiger partial charge is 0.0991 e. The number of hydrogen-bond donors (Lipinski definition) is 0. The maximum Gasteiger partial charge on any atom is 0.0991 e. The first-order chi connectivity index (χ1) is 23.7. The van der Waals surface area contributed by atoms with Crippen LogP contribution in [0.5, 0.6) is 0 Å². The third-order valence-corrected chi connectivity index (χ3v) is 9.49. The molecule has 222 valence electrons. The van der Waals surface area contributed by atoms with Gasteiger partial charge >= 0.3 is 0 Å². The van der Waals surface area contributed by atoms with E-state index in [4.69, 9.17) is 4.98 Å². The molecule has 0 unspecified atom stereocenters. The number of nitrogens with zero attached hydrogens (tertiary/aromatic N) is 2. The molecule has 0 fully saturated rings. The predicted molar refractivity (Wildman–Crippen MR) is 198 cm³/mol. The van der Waals surface area contributed by atoms with Crippen LogP contribution >= 0.6 is 0 Å². The first-order valence-corrected chi connectivity index (χ1v) is 16.2. The predicted octanol–water partition coefficient (Wildman–Crippen LogP) is 12.1. The second-order valence-corrected chi connectivity index (χ2v) is 12.2. The maximum absolute atomic E-state index is 9.44. The summed E-state index contributed by atoms with van der Waals surface area (Å²) in [7, 11) is 0. The molecule has 1 aromatic heterocycles. The van der Waals surface area contributed by atoms with Gasteiger partial charge in [0.1, 0.15) is 0 Å². The van der Waals surface area contributed by atoms with E-state index in [-0.39, 0.29) is 0 Å². The first kappa shape index (κ1) is 27.7. The zero-order chi connectivity index (χ0) is 32.0. The van der Waals surface area contributed by atoms with Gasteiger partial charge in [-0.25, -0.2) is 4.98 Å². The van der Waals surface area contributed by atoms with Crippen LogP contribution < -0.4 is 0 Å². The maximum atomic E-state index is 9.44. The van der Waals surface area contributed by atoms with E-state index in [1.54, 1.807) is 0 Å². The number of nitriles is 1. The standard InChI is InChI=1S/C46H28N2/c47-29-30-15-17-32(18-16-30)37-23-25-41-39-13-7-8-14-40(39)42-26-24-38(45(37)46(41)42)33-21-19-31(20-22-33)36-27-43(34-9-3-1-4-10-34)48-44(28-36)35-11-5-2-6-12-35/h1-28H. The topological polar surface area (TPSA) is 36.7 Å². The van der Waals surface area contributed by atoms with Crippen molar-refractivity contribution in [2.24, 2.45) is 0 Å². The molecule has 0 amide bonds. The summed E-state index contributed by atoms with van der Waals surface area (Å²) in [5.74, 6) is 0. The fraction of sp³-hybridized carbons (Fsp3) is 0. The van der Waals surface area contributed by atoms with Gasteiger partial charge in [0.2, 0.25) is 0 Å². The van der Waals surface area contributed by atoms with Gasteiger partial charge in [-0.1, -0.05) is 146 Å². The monoisotopic (exact) mass is 608 g/mol. The van der Waals surface area contributed by atoms with Gasteiger partial charge in [-0.15, -0.1) is 0 Å². The zero-order valence-corrected chi connectivity index (χ0v) is 26.1. The third-order valence-electron chi connectivity index (χ3n) is 9.49. The van der Waals surface area contributed by atoms with E-state index in [0.717, 1.165) is 44.8 Å². The van der Waals surface area contributed by atoms with Crippen LogP contribution in [0.2, 0.25) is 0 Å². The van der Waals surface area contributed by atoms with Crippen LogP contribution in [0.25, 0.3) is 88.9 Å². The fourth-order valence-corrected chi connectivity index (χ4v) is 7.16. The lowest BCUT2D eigenvalue weighted by Crippen LogP contribution is -1.91. The summed E-state index contributed by atoms with van der Waals surface area (Å²) in [6.45, 7) is 0. The molecule has 0 radical (unpaired) electrons. The van der Waals surface area contributed by atoms with Crippen molar-refractivity contribution in [2.75, 3.05) is 0 Å².